The normalized spacial score (nSPS) is 22.1. The van der Waals surface area contributed by atoms with Crippen molar-refractivity contribution in [3.05, 3.63) is 41.1 Å². The van der Waals surface area contributed by atoms with Crippen LogP contribution in [0.3, 0.4) is 0 Å². The number of aryl methyl sites for hydroxylation is 1. The largest absolute Gasteiger partial charge is 0.486 e. The Balaban J connectivity index is 1.13. The van der Waals surface area contributed by atoms with Gasteiger partial charge in [-0.05, 0) is 57.4 Å². The molecule has 1 aromatic carbocycles. The van der Waals surface area contributed by atoms with Crippen LogP contribution >= 0.6 is 0 Å². The molecule has 3 fully saturated rings. The molecule has 9 nitrogen and oxygen atoms in total. The van der Waals surface area contributed by atoms with E-state index >= 15 is 0 Å². The molecule has 6 rings (SSSR count). The summed E-state index contributed by atoms with van der Waals surface area (Å²) in [5.41, 5.74) is 5.25. The van der Waals surface area contributed by atoms with E-state index in [2.05, 4.69) is 45.2 Å². The van der Waals surface area contributed by atoms with Crippen molar-refractivity contribution in [2.45, 2.75) is 58.3 Å². The lowest BCUT2D eigenvalue weighted by Crippen LogP contribution is -2.52. The molecule has 5 heterocycles. The number of amides is 1. The molecule has 3 saturated heterocycles. The molecule has 0 radical (unpaired) electrons. The van der Waals surface area contributed by atoms with Crippen LogP contribution in [0.1, 0.15) is 49.8 Å². The first-order chi connectivity index (χ1) is 18.2. The third kappa shape index (κ3) is 5.01. The highest BCUT2D eigenvalue weighted by atomic mass is 16.6. The number of rotatable bonds is 3. The molecule has 0 saturated carbocycles. The Labute approximate surface area is 225 Å². The van der Waals surface area contributed by atoms with Gasteiger partial charge in [-0.3, -0.25) is 4.90 Å². The first-order valence-corrected chi connectivity index (χ1v) is 13.8. The zero-order valence-electron chi connectivity index (χ0n) is 23.0. The zero-order valence-corrected chi connectivity index (χ0v) is 23.0. The summed E-state index contributed by atoms with van der Waals surface area (Å²) in [6, 6.07) is 7.00. The molecule has 1 aromatic heterocycles. The molecule has 1 amide bonds. The molecule has 0 aliphatic carbocycles. The number of hydrogen-bond acceptors (Lipinski definition) is 8. The van der Waals surface area contributed by atoms with Crippen LogP contribution in [0, 0.1) is 6.92 Å². The summed E-state index contributed by atoms with van der Waals surface area (Å²) in [6.07, 6.45) is 2.68. The van der Waals surface area contributed by atoms with Crippen molar-refractivity contribution in [2.24, 2.45) is 0 Å². The number of nitrogens with zero attached hydrogens (tertiary/aromatic N) is 4. The fourth-order valence-corrected chi connectivity index (χ4v) is 5.98. The van der Waals surface area contributed by atoms with E-state index in [1.165, 1.54) is 11.3 Å². The molecular formula is C29H39N5O4. The van der Waals surface area contributed by atoms with Gasteiger partial charge in [0, 0.05) is 63.1 Å². The molecule has 1 atom stereocenters. The Hall–Kier alpha value is -3.04. The fourth-order valence-electron chi connectivity index (χ4n) is 5.98. The topological polar surface area (TPSA) is 79.4 Å². The maximum atomic E-state index is 12.5. The molecule has 0 spiro atoms. The van der Waals surface area contributed by atoms with Crippen molar-refractivity contribution < 1.29 is 19.0 Å². The number of ether oxygens (including phenoxy) is 3. The van der Waals surface area contributed by atoms with E-state index in [0.29, 0.717) is 18.6 Å². The van der Waals surface area contributed by atoms with Crippen LogP contribution in [0.4, 0.5) is 22.0 Å². The quantitative estimate of drug-likeness (QED) is 0.642. The average Bonchev–Trinajstić information content (AvgIpc) is 3.24. The van der Waals surface area contributed by atoms with Gasteiger partial charge in [-0.25, -0.2) is 9.78 Å². The van der Waals surface area contributed by atoms with E-state index in [-0.39, 0.29) is 6.09 Å². The van der Waals surface area contributed by atoms with Crippen LogP contribution in [0.5, 0.6) is 5.75 Å². The number of nitrogens with one attached hydrogen (secondary N) is 1. The predicted molar refractivity (Wildman–Crippen MR) is 147 cm³/mol. The molecule has 0 bridgehead atoms. The van der Waals surface area contributed by atoms with Crippen LogP contribution < -0.4 is 15.0 Å². The Kier molecular flexibility index (Phi) is 6.60. The molecule has 204 valence electrons. The van der Waals surface area contributed by atoms with Gasteiger partial charge in [0.2, 0.25) is 0 Å². The van der Waals surface area contributed by atoms with E-state index in [4.69, 9.17) is 14.2 Å². The molecule has 38 heavy (non-hydrogen) atoms. The van der Waals surface area contributed by atoms with Crippen molar-refractivity contribution in [1.29, 1.82) is 0 Å². The molecule has 9 heteroatoms. The number of likely N-dealkylation sites (tertiary alicyclic amines) is 2. The average molecular weight is 522 g/mol. The summed E-state index contributed by atoms with van der Waals surface area (Å²) >= 11 is 0. The highest BCUT2D eigenvalue weighted by molar-refractivity contribution is 5.74. The van der Waals surface area contributed by atoms with Gasteiger partial charge in [-0.1, -0.05) is 6.07 Å². The fraction of sp³-hybridized carbons (Fsp3) is 0.586. The predicted octanol–water partition coefficient (Wildman–Crippen LogP) is 4.27. The van der Waals surface area contributed by atoms with Gasteiger partial charge < -0.3 is 29.3 Å². The summed E-state index contributed by atoms with van der Waals surface area (Å²) < 4.78 is 17.5. The van der Waals surface area contributed by atoms with Gasteiger partial charge in [0.25, 0.3) is 0 Å². The Morgan fingerprint density at radius 1 is 1.13 bits per heavy atom. The molecule has 4 aliphatic rings. The van der Waals surface area contributed by atoms with Crippen LogP contribution in [0.25, 0.3) is 0 Å². The minimum atomic E-state index is -0.460. The number of benzene rings is 1. The van der Waals surface area contributed by atoms with Crippen LogP contribution in [0.2, 0.25) is 0 Å². The number of anilines is 3. The third-order valence-corrected chi connectivity index (χ3v) is 8.01. The van der Waals surface area contributed by atoms with Crippen molar-refractivity contribution in [2.75, 3.05) is 62.7 Å². The maximum absolute atomic E-state index is 12.5. The third-order valence-electron chi connectivity index (χ3n) is 8.01. The number of fused-ring (bicyclic) bond motifs is 2. The molecule has 0 unspecified atom stereocenters. The first kappa shape index (κ1) is 25.2. The lowest BCUT2D eigenvalue weighted by atomic mass is 9.88. The van der Waals surface area contributed by atoms with Crippen LogP contribution in [-0.2, 0) is 16.1 Å². The van der Waals surface area contributed by atoms with E-state index in [1.807, 2.05) is 31.9 Å². The van der Waals surface area contributed by atoms with Gasteiger partial charge in [0.15, 0.2) is 0 Å². The lowest BCUT2D eigenvalue weighted by molar-refractivity contribution is 0.0260. The van der Waals surface area contributed by atoms with E-state index < -0.39 is 5.60 Å². The highest BCUT2D eigenvalue weighted by Gasteiger charge is 2.39. The summed E-state index contributed by atoms with van der Waals surface area (Å²) in [6.45, 7) is 15.1. The zero-order chi connectivity index (χ0) is 26.4. The Morgan fingerprint density at radius 2 is 1.92 bits per heavy atom. The van der Waals surface area contributed by atoms with Crippen LogP contribution in [-0.4, -0.2) is 85.0 Å². The number of morpholine rings is 1. The number of aromatic nitrogens is 1. The minimum Gasteiger partial charge on any atom is -0.486 e. The van der Waals surface area contributed by atoms with E-state index in [9.17, 15) is 4.79 Å². The smallest absolute Gasteiger partial charge is 0.410 e. The summed E-state index contributed by atoms with van der Waals surface area (Å²) in [4.78, 5) is 23.9. The second-order valence-electron chi connectivity index (χ2n) is 11.9. The Morgan fingerprint density at radius 3 is 2.68 bits per heavy atom. The van der Waals surface area contributed by atoms with Gasteiger partial charge >= 0.3 is 6.09 Å². The van der Waals surface area contributed by atoms with Gasteiger partial charge in [0.05, 0.1) is 24.5 Å². The lowest BCUT2D eigenvalue weighted by Gasteiger charge is -2.43. The van der Waals surface area contributed by atoms with Crippen molar-refractivity contribution >= 4 is 23.3 Å². The van der Waals surface area contributed by atoms with Crippen LogP contribution in [0.15, 0.2) is 24.4 Å². The Bertz CT molecular complexity index is 1200. The van der Waals surface area contributed by atoms with Crippen molar-refractivity contribution in [3.8, 4) is 5.75 Å². The van der Waals surface area contributed by atoms with Gasteiger partial charge in [0.1, 0.15) is 23.8 Å². The van der Waals surface area contributed by atoms with E-state index in [0.717, 1.165) is 87.3 Å². The molecule has 4 aliphatic heterocycles. The molecule has 2 aromatic rings. The minimum absolute atomic E-state index is 0.199. The maximum Gasteiger partial charge on any atom is 0.410 e. The second-order valence-corrected chi connectivity index (χ2v) is 11.9. The monoisotopic (exact) mass is 521 g/mol. The van der Waals surface area contributed by atoms with Gasteiger partial charge in [-0.2, -0.15) is 0 Å². The standard InChI is InChI=1S/C29H39N5O4/c1-19-13-20(21-15-34(16-21)22-6-8-33(17-22)28(35)38-29(2,3)4)14-24-26(19)37-18-23-25(5-7-30-27(23)31-24)32-9-11-36-12-10-32/h5,7,13-14,21-22H,6,8-12,15-18H2,1-4H3,(H,30,31)/t22-/m1/s1. The summed E-state index contributed by atoms with van der Waals surface area (Å²) in [7, 11) is 0. The summed E-state index contributed by atoms with van der Waals surface area (Å²) in [5.74, 6) is 2.24. The number of pyridine rings is 1. The van der Waals surface area contributed by atoms with E-state index in [1.54, 1.807) is 0 Å². The number of hydrogen-bond donors (Lipinski definition) is 1. The van der Waals surface area contributed by atoms with Gasteiger partial charge in [-0.15, -0.1) is 0 Å². The SMILES string of the molecule is Cc1cc(C2CN([C@@H]3CCN(C(=O)OC(C)(C)C)C3)C2)cc2c1OCc1c(N3CCOCC3)ccnc1N2. The molecular weight excluding hydrogens is 482 g/mol. The molecule has 1 N–H and O–H groups in total. The number of carbonyl (C=O) groups excluding carboxylic acids is 1. The second kappa shape index (κ2) is 9.93. The van der Waals surface area contributed by atoms with Crippen molar-refractivity contribution in [3.63, 3.8) is 0 Å². The summed E-state index contributed by atoms with van der Waals surface area (Å²) in [5, 5.41) is 3.60. The number of carbonyl (C=O) groups is 1. The van der Waals surface area contributed by atoms with Crippen molar-refractivity contribution in [1.82, 2.24) is 14.8 Å². The first-order valence-electron chi connectivity index (χ1n) is 13.8. The highest BCUT2D eigenvalue weighted by Crippen LogP contribution is 2.42.